The molecule has 2 rings (SSSR count). The van der Waals surface area contributed by atoms with Crippen molar-refractivity contribution in [3.05, 3.63) is 59.9 Å². The number of nitrogens with one attached hydrogen (secondary N) is 1. The lowest BCUT2D eigenvalue weighted by Crippen LogP contribution is -2.21. The largest absolute Gasteiger partial charge is 0.508 e. The summed E-state index contributed by atoms with van der Waals surface area (Å²) in [6.07, 6.45) is 2.85. The Morgan fingerprint density at radius 3 is 2.67 bits per heavy atom. The first-order valence-electron chi connectivity index (χ1n) is 5.82. The monoisotopic (exact) mass is 244 g/mol. The molecule has 1 heterocycles. The maximum Gasteiger partial charge on any atom is 0.115 e. The van der Waals surface area contributed by atoms with E-state index < -0.39 is 6.10 Å². The number of pyridine rings is 1. The fraction of sp³-hybridized carbons (Fsp3) is 0.214. The van der Waals surface area contributed by atoms with Crippen molar-refractivity contribution in [3.8, 4) is 5.75 Å². The van der Waals surface area contributed by atoms with Gasteiger partial charge in [0.25, 0.3) is 0 Å². The Labute approximate surface area is 106 Å². The third kappa shape index (κ3) is 3.55. The van der Waals surface area contributed by atoms with Crippen molar-refractivity contribution in [1.29, 1.82) is 0 Å². The smallest absolute Gasteiger partial charge is 0.115 e. The van der Waals surface area contributed by atoms with E-state index in [9.17, 15) is 10.2 Å². The van der Waals surface area contributed by atoms with E-state index in [1.54, 1.807) is 36.7 Å². The van der Waals surface area contributed by atoms with Crippen molar-refractivity contribution in [2.24, 2.45) is 0 Å². The standard InChI is InChI=1S/C14H16N2O2/c17-13-3-1-2-12(8-13)14(18)10-16-9-11-4-6-15-7-5-11/h1-8,14,16-18H,9-10H2/t14-/m0/s1. The highest BCUT2D eigenvalue weighted by atomic mass is 16.3. The minimum atomic E-state index is -0.626. The minimum absolute atomic E-state index is 0.167. The summed E-state index contributed by atoms with van der Waals surface area (Å²) in [7, 11) is 0. The van der Waals surface area contributed by atoms with E-state index in [-0.39, 0.29) is 5.75 Å². The van der Waals surface area contributed by atoms with Crippen molar-refractivity contribution >= 4 is 0 Å². The molecule has 4 heteroatoms. The van der Waals surface area contributed by atoms with Gasteiger partial charge in [0.15, 0.2) is 0 Å². The number of aromatic nitrogens is 1. The zero-order valence-electron chi connectivity index (χ0n) is 9.95. The van der Waals surface area contributed by atoms with E-state index >= 15 is 0 Å². The summed E-state index contributed by atoms with van der Waals surface area (Å²) in [6.45, 7) is 1.12. The maximum absolute atomic E-state index is 9.94. The fourth-order valence-electron chi connectivity index (χ4n) is 1.70. The van der Waals surface area contributed by atoms with Gasteiger partial charge in [-0.2, -0.15) is 0 Å². The molecular weight excluding hydrogens is 228 g/mol. The molecule has 0 spiro atoms. The Bertz CT molecular complexity index is 488. The highest BCUT2D eigenvalue weighted by molar-refractivity contribution is 5.28. The number of aromatic hydroxyl groups is 1. The van der Waals surface area contributed by atoms with Crippen molar-refractivity contribution in [2.45, 2.75) is 12.6 Å². The first-order valence-corrected chi connectivity index (χ1v) is 5.82. The number of hydrogen-bond donors (Lipinski definition) is 3. The van der Waals surface area contributed by atoms with Crippen LogP contribution >= 0.6 is 0 Å². The summed E-state index contributed by atoms with van der Waals surface area (Å²) in [5, 5.41) is 22.4. The minimum Gasteiger partial charge on any atom is -0.508 e. The molecule has 1 aromatic carbocycles. The molecule has 0 aliphatic carbocycles. The Morgan fingerprint density at radius 2 is 1.94 bits per heavy atom. The number of phenols is 1. The molecule has 0 unspecified atom stereocenters. The van der Waals surface area contributed by atoms with Crippen LogP contribution in [0, 0.1) is 0 Å². The summed E-state index contributed by atoms with van der Waals surface area (Å²) < 4.78 is 0. The average Bonchev–Trinajstić information content (AvgIpc) is 2.40. The van der Waals surface area contributed by atoms with Crippen LogP contribution in [0.3, 0.4) is 0 Å². The molecule has 0 aliphatic rings. The Kier molecular flexibility index (Phi) is 4.28. The van der Waals surface area contributed by atoms with Crippen LogP contribution in [0.2, 0.25) is 0 Å². The number of aliphatic hydroxyl groups excluding tert-OH is 1. The first kappa shape index (κ1) is 12.5. The van der Waals surface area contributed by atoms with Crippen molar-refractivity contribution in [3.63, 3.8) is 0 Å². The van der Waals surface area contributed by atoms with Crippen LogP contribution in [0.15, 0.2) is 48.8 Å². The number of phenolic OH excluding ortho intramolecular Hbond substituents is 1. The van der Waals surface area contributed by atoms with Crippen LogP contribution in [0.5, 0.6) is 5.75 Å². The Morgan fingerprint density at radius 1 is 1.17 bits per heavy atom. The zero-order valence-corrected chi connectivity index (χ0v) is 9.95. The van der Waals surface area contributed by atoms with Gasteiger partial charge in [-0.15, -0.1) is 0 Å². The van der Waals surface area contributed by atoms with Crippen LogP contribution in [0.4, 0.5) is 0 Å². The van der Waals surface area contributed by atoms with Crippen LogP contribution in [-0.2, 0) is 6.54 Å². The predicted molar refractivity (Wildman–Crippen MR) is 69.0 cm³/mol. The lowest BCUT2D eigenvalue weighted by molar-refractivity contribution is 0.174. The van der Waals surface area contributed by atoms with Gasteiger partial charge in [0, 0.05) is 25.5 Å². The topological polar surface area (TPSA) is 65.4 Å². The highest BCUT2D eigenvalue weighted by Gasteiger charge is 2.07. The summed E-state index contributed by atoms with van der Waals surface area (Å²) in [4.78, 5) is 3.94. The molecular formula is C14H16N2O2. The van der Waals surface area contributed by atoms with E-state index in [0.29, 0.717) is 18.7 Å². The predicted octanol–water partition coefficient (Wildman–Crippen LogP) is 1.61. The van der Waals surface area contributed by atoms with Crippen LogP contribution in [0.1, 0.15) is 17.2 Å². The number of nitrogens with zero attached hydrogens (tertiary/aromatic N) is 1. The van der Waals surface area contributed by atoms with Crippen molar-refractivity contribution in [1.82, 2.24) is 10.3 Å². The van der Waals surface area contributed by atoms with Crippen molar-refractivity contribution in [2.75, 3.05) is 6.54 Å². The van der Waals surface area contributed by atoms with Crippen LogP contribution < -0.4 is 5.32 Å². The molecule has 0 bridgehead atoms. The summed E-state index contributed by atoms with van der Waals surface area (Å²) in [6, 6.07) is 10.5. The van der Waals surface area contributed by atoms with Gasteiger partial charge in [0.1, 0.15) is 5.75 Å². The van der Waals surface area contributed by atoms with Gasteiger partial charge in [-0.1, -0.05) is 12.1 Å². The van der Waals surface area contributed by atoms with E-state index in [1.807, 2.05) is 12.1 Å². The molecule has 0 saturated carbocycles. The van der Waals surface area contributed by atoms with Gasteiger partial charge in [0.05, 0.1) is 6.10 Å². The van der Waals surface area contributed by atoms with E-state index in [4.69, 9.17) is 0 Å². The molecule has 0 radical (unpaired) electrons. The number of aliphatic hydroxyl groups is 1. The second-order valence-corrected chi connectivity index (χ2v) is 4.10. The summed E-state index contributed by atoms with van der Waals surface area (Å²) >= 11 is 0. The molecule has 2 aromatic rings. The molecule has 18 heavy (non-hydrogen) atoms. The van der Waals surface area contributed by atoms with E-state index in [0.717, 1.165) is 5.56 Å². The quantitative estimate of drug-likeness (QED) is 0.747. The maximum atomic E-state index is 9.94. The molecule has 1 atom stereocenters. The lowest BCUT2D eigenvalue weighted by atomic mass is 10.1. The average molecular weight is 244 g/mol. The Hall–Kier alpha value is -1.91. The molecule has 4 nitrogen and oxygen atoms in total. The molecule has 94 valence electrons. The zero-order chi connectivity index (χ0) is 12.8. The van der Waals surface area contributed by atoms with Gasteiger partial charge in [-0.25, -0.2) is 0 Å². The van der Waals surface area contributed by atoms with E-state index in [2.05, 4.69) is 10.3 Å². The first-order chi connectivity index (χ1) is 8.75. The van der Waals surface area contributed by atoms with Gasteiger partial charge in [-0.3, -0.25) is 4.98 Å². The third-order valence-corrected chi connectivity index (χ3v) is 2.67. The van der Waals surface area contributed by atoms with Gasteiger partial charge in [0.2, 0.25) is 0 Å². The van der Waals surface area contributed by atoms with Crippen LogP contribution in [-0.4, -0.2) is 21.7 Å². The molecule has 0 saturated heterocycles. The van der Waals surface area contributed by atoms with E-state index in [1.165, 1.54) is 0 Å². The number of rotatable bonds is 5. The molecule has 0 fully saturated rings. The van der Waals surface area contributed by atoms with Crippen LogP contribution in [0.25, 0.3) is 0 Å². The summed E-state index contributed by atoms with van der Waals surface area (Å²) in [5.74, 6) is 0.167. The normalized spacial score (nSPS) is 12.3. The van der Waals surface area contributed by atoms with Crippen molar-refractivity contribution < 1.29 is 10.2 Å². The Balaban J connectivity index is 1.83. The molecule has 0 amide bonds. The second kappa shape index (κ2) is 6.14. The number of benzene rings is 1. The SMILES string of the molecule is Oc1cccc([C@@H](O)CNCc2ccncc2)c1. The fourth-order valence-corrected chi connectivity index (χ4v) is 1.70. The molecule has 1 aromatic heterocycles. The second-order valence-electron chi connectivity index (χ2n) is 4.10. The molecule has 0 aliphatic heterocycles. The number of hydrogen-bond acceptors (Lipinski definition) is 4. The lowest BCUT2D eigenvalue weighted by Gasteiger charge is -2.12. The van der Waals surface area contributed by atoms with Gasteiger partial charge >= 0.3 is 0 Å². The third-order valence-electron chi connectivity index (χ3n) is 2.67. The van der Waals surface area contributed by atoms with Gasteiger partial charge in [-0.05, 0) is 35.4 Å². The molecule has 3 N–H and O–H groups in total. The summed E-state index contributed by atoms with van der Waals surface area (Å²) in [5.41, 5.74) is 1.82. The van der Waals surface area contributed by atoms with Gasteiger partial charge < -0.3 is 15.5 Å². The highest BCUT2D eigenvalue weighted by Crippen LogP contribution is 2.17.